The van der Waals surface area contributed by atoms with E-state index in [4.69, 9.17) is 10.5 Å². The van der Waals surface area contributed by atoms with Gasteiger partial charge in [-0.1, -0.05) is 6.92 Å². The molecule has 0 saturated carbocycles. The number of anilines is 2. The number of carbonyl (C=O) groups is 1. The second-order valence-electron chi connectivity index (χ2n) is 4.36. The minimum atomic E-state index is 0.00215. The summed E-state index contributed by atoms with van der Waals surface area (Å²) in [5.74, 6) is 0.00215. The number of nitrogens with zero attached hydrogens (tertiary/aromatic N) is 1. The quantitative estimate of drug-likeness (QED) is 0.548. The molecule has 0 aliphatic heterocycles. The van der Waals surface area contributed by atoms with E-state index < -0.39 is 0 Å². The number of ether oxygens (including phenoxy) is 1. The zero-order valence-electron chi connectivity index (χ0n) is 11.7. The van der Waals surface area contributed by atoms with Gasteiger partial charge in [-0.25, -0.2) is 0 Å². The van der Waals surface area contributed by atoms with Crippen LogP contribution in [0.5, 0.6) is 0 Å². The van der Waals surface area contributed by atoms with Crippen molar-refractivity contribution in [1.82, 2.24) is 5.32 Å². The molecule has 0 heterocycles. The highest BCUT2D eigenvalue weighted by Crippen LogP contribution is 2.16. The molecule has 1 aromatic rings. The van der Waals surface area contributed by atoms with Gasteiger partial charge in [0.05, 0.1) is 13.2 Å². The van der Waals surface area contributed by atoms with Gasteiger partial charge in [-0.15, -0.1) is 0 Å². The van der Waals surface area contributed by atoms with E-state index in [9.17, 15) is 4.79 Å². The summed E-state index contributed by atoms with van der Waals surface area (Å²) in [5, 5.41) is 2.82. The Morgan fingerprint density at radius 3 is 2.63 bits per heavy atom. The number of nitrogen functional groups attached to an aromatic ring is 1. The third kappa shape index (κ3) is 5.61. The maximum absolute atomic E-state index is 11.8. The smallest absolute Gasteiger partial charge is 0.239 e. The fraction of sp³-hybridized carbons (Fsp3) is 0.500. The molecule has 106 valence electrons. The Morgan fingerprint density at radius 2 is 2.05 bits per heavy atom. The molecule has 1 rings (SSSR count). The number of carbonyl (C=O) groups excluding carboxylic acids is 1. The number of methoxy groups -OCH3 is 1. The number of benzene rings is 1. The highest BCUT2D eigenvalue weighted by Gasteiger charge is 2.10. The number of rotatable bonds is 8. The van der Waals surface area contributed by atoms with E-state index >= 15 is 0 Å². The largest absolute Gasteiger partial charge is 0.399 e. The molecule has 0 unspecified atom stereocenters. The summed E-state index contributed by atoms with van der Waals surface area (Å²) < 4.78 is 4.90. The lowest BCUT2D eigenvalue weighted by molar-refractivity contribution is -0.119. The van der Waals surface area contributed by atoms with Crippen molar-refractivity contribution >= 4 is 17.3 Å². The molecule has 1 aromatic carbocycles. The van der Waals surface area contributed by atoms with Gasteiger partial charge in [0.25, 0.3) is 0 Å². The molecule has 5 nitrogen and oxygen atoms in total. The molecule has 3 N–H and O–H groups in total. The molecular formula is C14H23N3O2. The third-order valence-corrected chi connectivity index (χ3v) is 2.71. The van der Waals surface area contributed by atoms with Crippen molar-refractivity contribution in [3.05, 3.63) is 24.3 Å². The van der Waals surface area contributed by atoms with Gasteiger partial charge in [0.2, 0.25) is 5.91 Å². The van der Waals surface area contributed by atoms with Crippen molar-refractivity contribution in [3.63, 3.8) is 0 Å². The molecule has 0 bridgehead atoms. The van der Waals surface area contributed by atoms with Crippen LogP contribution in [0.2, 0.25) is 0 Å². The summed E-state index contributed by atoms with van der Waals surface area (Å²) in [6, 6.07) is 7.57. The number of nitrogens with one attached hydrogen (secondary N) is 1. The molecule has 19 heavy (non-hydrogen) atoms. The summed E-state index contributed by atoms with van der Waals surface area (Å²) in [5.41, 5.74) is 7.41. The van der Waals surface area contributed by atoms with E-state index in [0.717, 1.165) is 24.3 Å². The Balaban J connectivity index is 2.57. The first-order valence-corrected chi connectivity index (χ1v) is 6.53. The van der Waals surface area contributed by atoms with E-state index in [-0.39, 0.29) is 5.91 Å². The van der Waals surface area contributed by atoms with Crippen LogP contribution in [0, 0.1) is 0 Å². The Bertz CT molecular complexity index is 379. The lowest BCUT2D eigenvalue weighted by Crippen LogP contribution is -2.38. The maximum Gasteiger partial charge on any atom is 0.239 e. The van der Waals surface area contributed by atoms with Crippen LogP contribution in [0.4, 0.5) is 11.4 Å². The summed E-state index contributed by atoms with van der Waals surface area (Å²) in [4.78, 5) is 13.9. The topological polar surface area (TPSA) is 67.6 Å². The number of amides is 1. The molecule has 0 fully saturated rings. The average molecular weight is 265 g/mol. The highest BCUT2D eigenvalue weighted by molar-refractivity contribution is 5.81. The van der Waals surface area contributed by atoms with Crippen molar-refractivity contribution in [3.8, 4) is 0 Å². The van der Waals surface area contributed by atoms with Crippen LogP contribution in [0.1, 0.15) is 13.3 Å². The third-order valence-electron chi connectivity index (χ3n) is 2.71. The van der Waals surface area contributed by atoms with Gasteiger partial charge in [-0.05, 0) is 30.7 Å². The lowest BCUT2D eigenvalue weighted by Gasteiger charge is -2.23. The zero-order chi connectivity index (χ0) is 14.1. The van der Waals surface area contributed by atoms with Gasteiger partial charge >= 0.3 is 0 Å². The molecule has 0 aliphatic rings. The van der Waals surface area contributed by atoms with Crippen molar-refractivity contribution in [2.24, 2.45) is 0 Å². The molecule has 5 heteroatoms. The van der Waals surface area contributed by atoms with Gasteiger partial charge in [-0.3, -0.25) is 4.79 Å². The predicted molar refractivity (Wildman–Crippen MR) is 78.2 cm³/mol. The zero-order valence-corrected chi connectivity index (χ0v) is 11.7. The van der Waals surface area contributed by atoms with Gasteiger partial charge in [0.15, 0.2) is 0 Å². The lowest BCUT2D eigenvalue weighted by atomic mass is 10.2. The minimum Gasteiger partial charge on any atom is -0.399 e. The molecule has 0 spiro atoms. The van der Waals surface area contributed by atoms with E-state index in [1.54, 1.807) is 7.11 Å². The number of nitrogens with two attached hydrogens (primary N) is 1. The van der Waals surface area contributed by atoms with Crippen molar-refractivity contribution in [2.75, 3.05) is 44.0 Å². The highest BCUT2D eigenvalue weighted by atomic mass is 16.5. The number of hydrogen-bond donors (Lipinski definition) is 2. The van der Waals surface area contributed by atoms with Gasteiger partial charge in [-0.2, -0.15) is 0 Å². The van der Waals surface area contributed by atoms with Crippen LogP contribution in [0.25, 0.3) is 0 Å². The van der Waals surface area contributed by atoms with E-state index in [1.807, 2.05) is 29.2 Å². The molecule has 0 radical (unpaired) electrons. The first-order chi connectivity index (χ1) is 9.17. The summed E-state index contributed by atoms with van der Waals surface area (Å²) in [7, 11) is 1.61. The van der Waals surface area contributed by atoms with Gasteiger partial charge in [0.1, 0.15) is 0 Å². The fourth-order valence-electron chi connectivity index (χ4n) is 1.78. The molecule has 0 atom stereocenters. The minimum absolute atomic E-state index is 0.00215. The molecule has 1 amide bonds. The first-order valence-electron chi connectivity index (χ1n) is 6.53. The second kappa shape index (κ2) is 8.37. The van der Waals surface area contributed by atoms with E-state index in [0.29, 0.717) is 19.7 Å². The summed E-state index contributed by atoms with van der Waals surface area (Å²) in [6.45, 7) is 4.34. The standard InChI is InChI=1S/C14H23N3O2/c1-3-9-17(11-14(18)16-8-10-19-2)13-6-4-12(15)5-7-13/h4-7H,3,8-11,15H2,1-2H3,(H,16,18). The summed E-state index contributed by atoms with van der Waals surface area (Å²) >= 11 is 0. The van der Waals surface area contributed by atoms with Crippen LogP contribution in [-0.2, 0) is 9.53 Å². The SMILES string of the molecule is CCCN(CC(=O)NCCOC)c1ccc(N)cc1. The normalized spacial score (nSPS) is 10.2. The second-order valence-corrected chi connectivity index (χ2v) is 4.36. The average Bonchev–Trinajstić information content (AvgIpc) is 2.39. The van der Waals surface area contributed by atoms with Crippen LogP contribution < -0.4 is 16.0 Å². The van der Waals surface area contributed by atoms with Crippen molar-refractivity contribution < 1.29 is 9.53 Å². The van der Waals surface area contributed by atoms with E-state index in [1.165, 1.54) is 0 Å². The van der Waals surface area contributed by atoms with Gasteiger partial charge < -0.3 is 20.7 Å². The van der Waals surface area contributed by atoms with Crippen LogP contribution in [-0.4, -0.2) is 39.3 Å². The fourth-order valence-corrected chi connectivity index (χ4v) is 1.78. The maximum atomic E-state index is 11.8. The van der Waals surface area contributed by atoms with Crippen LogP contribution in [0.3, 0.4) is 0 Å². The van der Waals surface area contributed by atoms with Crippen molar-refractivity contribution in [1.29, 1.82) is 0 Å². The Morgan fingerprint density at radius 1 is 1.37 bits per heavy atom. The van der Waals surface area contributed by atoms with Gasteiger partial charge in [0, 0.05) is 31.6 Å². The van der Waals surface area contributed by atoms with Crippen LogP contribution >= 0.6 is 0 Å². The Hall–Kier alpha value is -1.75. The Labute approximate surface area is 114 Å². The summed E-state index contributed by atoms with van der Waals surface area (Å²) in [6.07, 6.45) is 0.982. The molecule has 0 aliphatic carbocycles. The van der Waals surface area contributed by atoms with Crippen molar-refractivity contribution in [2.45, 2.75) is 13.3 Å². The monoisotopic (exact) mass is 265 g/mol. The first kappa shape index (κ1) is 15.3. The van der Waals surface area contributed by atoms with Crippen LogP contribution in [0.15, 0.2) is 24.3 Å². The number of hydrogen-bond acceptors (Lipinski definition) is 4. The van der Waals surface area contributed by atoms with E-state index in [2.05, 4.69) is 12.2 Å². The molecule has 0 aromatic heterocycles. The Kier molecular flexibility index (Phi) is 6.74. The predicted octanol–water partition coefficient (Wildman–Crippen LogP) is 1.25. The molecular weight excluding hydrogens is 242 g/mol. The molecule has 0 saturated heterocycles.